The lowest BCUT2D eigenvalue weighted by atomic mass is 9.88. The molecule has 0 fully saturated rings. The summed E-state index contributed by atoms with van der Waals surface area (Å²) >= 11 is 0. The summed E-state index contributed by atoms with van der Waals surface area (Å²) in [7, 11) is 0. The molecule has 0 amide bonds. The minimum absolute atomic E-state index is 0.307. The van der Waals surface area contributed by atoms with Gasteiger partial charge in [-0.15, -0.1) is 0 Å². The Morgan fingerprint density at radius 3 is 2.70 bits per heavy atom. The van der Waals surface area contributed by atoms with Gasteiger partial charge in [-0.1, -0.05) is 13.5 Å². The molecule has 0 aliphatic heterocycles. The first-order chi connectivity index (χ1) is 14.2. The Labute approximate surface area is 171 Å². The molecule has 1 atom stereocenters. The number of alkyl halides is 3. The van der Waals surface area contributed by atoms with Gasteiger partial charge in [0, 0.05) is 40.9 Å². The zero-order valence-corrected chi connectivity index (χ0v) is 16.2. The normalized spacial score (nSPS) is 13.6. The quantitative estimate of drug-likeness (QED) is 0.353. The van der Waals surface area contributed by atoms with Crippen molar-refractivity contribution in [1.82, 2.24) is 4.98 Å². The summed E-state index contributed by atoms with van der Waals surface area (Å²) in [6, 6.07) is 10.5. The maximum atomic E-state index is 13.0. The molecule has 0 spiro atoms. The Kier molecular flexibility index (Phi) is 6.14. The molecule has 0 saturated heterocycles. The molecule has 1 unspecified atom stereocenters. The van der Waals surface area contributed by atoms with Crippen LogP contribution < -0.4 is 4.74 Å². The number of fused-ring (bicyclic) bond motifs is 1. The fourth-order valence-electron chi connectivity index (χ4n) is 2.94. The molecular weight excluding hydrogens is 399 g/mol. The minimum atomic E-state index is -4.44. The number of aromatic nitrogens is 1. The van der Waals surface area contributed by atoms with Crippen LogP contribution in [0.2, 0.25) is 0 Å². The molecule has 158 valence electrons. The first-order valence-corrected chi connectivity index (χ1v) is 9.10. The molecule has 0 saturated carbocycles. The third-order valence-electron chi connectivity index (χ3n) is 4.38. The highest BCUT2D eigenvalue weighted by Gasteiger charge is 2.41. The Balaban J connectivity index is 1.75. The molecule has 0 radical (unpaired) electrons. The molecule has 3 aromatic rings. The number of hydrogen-bond acceptors (Lipinski definition) is 5. The van der Waals surface area contributed by atoms with Gasteiger partial charge in [-0.3, -0.25) is 4.98 Å². The van der Waals surface area contributed by atoms with E-state index in [4.69, 9.17) is 13.9 Å². The van der Waals surface area contributed by atoms with Gasteiger partial charge in [-0.05, 0) is 30.3 Å². The van der Waals surface area contributed by atoms with E-state index in [-0.39, 0.29) is 6.61 Å². The van der Waals surface area contributed by atoms with Gasteiger partial charge in [0.2, 0.25) is 0 Å². The van der Waals surface area contributed by atoms with Crippen LogP contribution in [0.3, 0.4) is 0 Å². The number of halogens is 3. The minimum Gasteiger partial charge on any atom is -0.493 e. The van der Waals surface area contributed by atoms with E-state index in [1.807, 2.05) is 12.1 Å². The highest BCUT2D eigenvalue weighted by Crippen LogP contribution is 2.35. The topological polar surface area (TPSA) is 61.6 Å². The fourth-order valence-corrected chi connectivity index (χ4v) is 2.94. The Morgan fingerprint density at radius 1 is 1.23 bits per heavy atom. The second kappa shape index (κ2) is 8.61. The van der Waals surface area contributed by atoms with Crippen molar-refractivity contribution in [2.45, 2.75) is 19.5 Å². The fraction of sp³-hybridized carbons (Fsp3) is 0.273. The SMILES string of the molecule is C=CC(=O)OCC(C)(COc1ccc2cc(-c3cccnc3)oc2c1)CC(F)(F)F. The maximum Gasteiger partial charge on any atom is 0.389 e. The first kappa shape index (κ1) is 21.4. The summed E-state index contributed by atoms with van der Waals surface area (Å²) in [4.78, 5) is 15.3. The molecule has 8 heteroatoms. The molecule has 30 heavy (non-hydrogen) atoms. The molecule has 0 N–H and O–H groups in total. The van der Waals surface area contributed by atoms with E-state index in [9.17, 15) is 18.0 Å². The predicted molar refractivity (Wildman–Crippen MR) is 105 cm³/mol. The summed E-state index contributed by atoms with van der Waals surface area (Å²) in [5.74, 6) is 0.176. The highest BCUT2D eigenvalue weighted by molar-refractivity contribution is 5.83. The molecule has 3 rings (SSSR count). The third-order valence-corrected chi connectivity index (χ3v) is 4.38. The second-order valence-electron chi connectivity index (χ2n) is 7.26. The number of pyridine rings is 1. The largest absolute Gasteiger partial charge is 0.493 e. The van der Waals surface area contributed by atoms with Crippen LogP contribution in [-0.4, -0.2) is 30.3 Å². The number of furan rings is 1. The van der Waals surface area contributed by atoms with Crippen LogP contribution in [-0.2, 0) is 9.53 Å². The summed E-state index contributed by atoms with van der Waals surface area (Å²) in [5, 5.41) is 0.819. The van der Waals surface area contributed by atoms with E-state index < -0.39 is 30.6 Å². The molecular formula is C22H20F3NO4. The van der Waals surface area contributed by atoms with Gasteiger partial charge in [-0.2, -0.15) is 13.2 Å². The first-order valence-electron chi connectivity index (χ1n) is 9.10. The molecule has 2 heterocycles. The van der Waals surface area contributed by atoms with Gasteiger partial charge in [0.05, 0.1) is 13.0 Å². The van der Waals surface area contributed by atoms with E-state index in [1.165, 1.54) is 6.92 Å². The number of nitrogens with zero attached hydrogens (tertiary/aromatic N) is 1. The zero-order chi connectivity index (χ0) is 21.8. The number of benzene rings is 1. The van der Waals surface area contributed by atoms with Crippen LogP contribution in [0.25, 0.3) is 22.3 Å². The van der Waals surface area contributed by atoms with Gasteiger partial charge in [-0.25, -0.2) is 4.79 Å². The van der Waals surface area contributed by atoms with E-state index >= 15 is 0 Å². The Bertz CT molecular complexity index is 1030. The number of carbonyl (C=O) groups excluding carboxylic acids is 1. The van der Waals surface area contributed by atoms with E-state index in [0.29, 0.717) is 17.1 Å². The van der Waals surface area contributed by atoms with E-state index in [2.05, 4.69) is 11.6 Å². The van der Waals surface area contributed by atoms with Crippen LogP contribution in [0, 0.1) is 5.41 Å². The number of esters is 1. The lowest BCUT2D eigenvalue weighted by Gasteiger charge is -2.29. The van der Waals surface area contributed by atoms with Crippen molar-refractivity contribution in [1.29, 1.82) is 0 Å². The molecule has 0 aliphatic carbocycles. The van der Waals surface area contributed by atoms with Gasteiger partial charge in [0.1, 0.15) is 23.7 Å². The molecule has 5 nitrogen and oxygen atoms in total. The van der Waals surface area contributed by atoms with Crippen LogP contribution in [0.1, 0.15) is 13.3 Å². The molecule has 0 bridgehead atoms. The van der Waals surface area contributed by atoms with Crippen LogP contribution in [0.5, 0.6) is 5.75 Å². The number of hydrogen-bond donors (Lipinski definition) is 0. The standard InChI is InChI=1S/C22H20F3NO4/c1-3-20(27)29-14-21(2,12-22(23,24)25)13-28-17-7-6-15-9-18(30-19(15)10-17)16-5-4-8-26-11-16/h3-11H,1,12-14H2,2H3. The van der Waals surface area contributed by atoms with Gasteiger partial charge in [0.15, 0.2) is 0 Å². The summed E-state index contributed by atoms with van der Waals surface area (Å²) in [5.41, 5.74) is -0.129. The summed E-state index contributed by atoms with van der Waals surface area (Å²) in [6.45, 7) is 3.83. The van der Waals surface area contributed by atoms with Crippen molar-refractivity contribution in [3.8, 4) is 17.1 Å². The van der Waals surface area contributed by atoms with E-state index in [1.54, 1.807) is 36.7 Å². The number of carbonyl (C=O) groups is 1. The van der Waals surface area contributed by atoms with Crippen molar-refractivity contribution >= 4 is 16.9 Å². The van der Waals surface area contributed by atoms with Gasteiger partial charge in [0.25, 0.3) is 0 Å². The highest BCUT2D eigenvalue weighted by atomic mass is 19.4. The predicted octanol–water partition coefficient (Wildman–Crippen LogP) is 5.56. The zero-order valence-electron chi connectivity index (χ0n) is 16.2. The van der Waals surface area contributed by atoms with Crippen molar-refractivity contribution in [3.05, 3.63) is 61.4 Å². The smallest absolute Gasteiger partial charge is 0.389 e. The molecule has 0 aliphatic rings. The van der Waals surface area contributed by atoms with Crippen LogP contribution >= 0.6 is 0 Å². The Hall–Kier alpha value is -3.29. The Morgan fingerprint density at radius 2 is 2.03 bits per heavy atom. The lowest BCUT2D eigenvalue weighted by Crippen LogP contribution is -2.36. The summed E-state index contributed by atoms with van der Waals surface area (Å²) in [6.07, 6.45) is -1.38. The molecule has 2 aromatic heterocycles. The second-order valence-corrected chi connectivity index (χ2v) is 7.26. The van der Waals surface area contributed by atoms with Crippen LogP contribution in [0.4, 0.5) is 13.2 Å². The number of ether oxygens (including phenoxy) is 2. The molecule has 1 aromatic carbocycles. The van der Waals surface area contributed by atoms with Crippen molar-refractivity contribution in [2.75, 3.05) is 13.2 Å². The van der Waals surface area contributed by atoms with Gasteiger partial charge < -0.3 is 13.9 Å². The average molecular weight is 419 g/mol. The van der Waals surface area contributed by atoms with Crippen molar-refractivity contribution < 1.29 is 31.9 Å². The van der Waals surface area contributed by atoms with Crippen molar-refractivity contribution in [3.63, 3.8) is 0 Å². The van der Waals surface area contributed by atoms with E-state index in [0.717, 1.165) is 17.0 Å². The maximum absolute atomic E-state index is 13.0. The summed E-state index contributed by atoms with van der Waals surface area (Å²) < 4.78 is 55.3. The monoisotopic (exact) mass is 419 g/mol. The average Bonchev–Trinajstić information content (AvgIpc) is 3.13. The lowest BCUT2D eigenvalue weighted by molar-refractivity contribution is -0.172. The van der Waals surface area contributed by atoms with Crippen molar-refractivity contribution in [2.24, 2.45) is 5.41 Å². The van der Waals surface area contributed by atoms with Crippen LogP contribution in [0.15, 0.2) is 65.9 Å². The number of rotatable bonds is 8. The van der Waals surface area contributed by atoms with Gasteiger partial charge >= 0.3 is 12.1 Å². The third kappa shape index (κ3) is 5.62.